The molecular weight excluding hydrogens is 336 g/mol. The van der Waals surface area contributed by atoms with Crippen LogP contribution in [0.3, 0.4) is 0 Å². The van der Waals surface area contributed by atoms with Gasteiger partial charge in [-0.2, -0.15) is 0 Å². The Morgan fingerprint density at radius 1 is 0.464 bits per heavy atom. The molecule has 0 aliphatic heterocycles. The lowest BCUT2D eigenvalue weighted by atomic mass is 9.93. The van der Waals surface area contributed by atoms with Crippen LogP contribution in [-0.2, 0) is 0 Å². The summed E-state index contributed by atoms with van der Waals surface area (Å²) in [5.41, 5.74) is 8.71. The summed E-state index contributed by atoms with van der Waals surface area (Å²) in [6.07, 6.45) is 0. The smallest absolute Gasteiger partial charge is 0.0216 e. The lowest BCUT2D eigenvalue weighted by Gasteiger charge is -2.13. The fraction of sp³-hybridized carbons (Fsp3) is 0.571. The second kappa shape index (κ2) is 12.8. The van der Waals surface area contributed by atoms with E-state index in [9.17, 15) is 0 Å². The van der Waals surface area contributed by atoms with Crippen LogP contribution in [0, 0.1) is 13.8 Å². The van der Waals surface area contributed by atoms with Gasteiger partial charge in [0, 0.05) is 0 Å². The van der Waals surface area contributed by atoms with Crippen molar-refractivity contribution in [2.45, 2.75) is 108 Å². The van der Waals surface area contributed by atoms with E-state index in [0.717, 1.165) is 0 Å². The van der Waals surface area contributed by atoms with Crippen molar-refractivity contribution in [1.29, 1.82) is 0 Å². The number of rotatable bonds is 4. The van der Waals surface area contributed by atoms with Crippen LogP contribution in [0.25, 0.3) is 0 Å². The highest BCUT2D eigenvalue weighted by atomic mass is 14.1. The molecular formula is C28H48. The molecule has 2 aromatic rings. The van der Waals surface area contributed by atoms with E-state index in [1.807, 2.05) is 0 Å². The van der Waals surface area contributed by atoms with E-state index in [2.05, 4.69) is 106 Å². The summed E-state index contributed by atoms with van der Waals surface area (Å²) in [5.74, 6) is 2.56. The van der Waals surface area contributed by atoms with E-state index in [0.29, 0.717) is 23.7 Å². The number of benzene rings is 2. The minimum Gasteiger partial charge on any atom is -0.0776 e. The Kier molecular flexibility index (Phi) is 13.1. The molecule has 0 radical (unpaired) electrons. The highest BCUT2D eigenvalue weighted by Gasteiger charge is 2.06. The molecule has 0 heteroatoms. The summed E-state index contributed by atoms with van der Waals surface area (Å²) in [7, 11) is 0. The van der Waals surface area contributed by atoms with Gasteiger partial charge in [0.05, 0.1) is 0 Å². The first-order valence-electron chi connectivity index (χ1n) is 10.2. The first kappa shape index (κ1) is 28.6. The second-order valence-corrected chi connectivity index (χ2v) is 8.85. The van der Waals surface area contributed by atoms with Crippen molar-refractivity contribution in [2.75, 3.05) is 0 Å². The zero-order valence-corrected chi connectivity index (χ0v) is 18.8. The molecule has 0 heterocycles. The largest absolute Gasteiger partial charge is 0.0776 e. The average Bonchev–Trinajstić information content (AvgIpc) is 2.54. The van der Waals surface area contributed by atoms with Crippen LogP contribution in [0.4, 0.5) is 0 Å². The topological polar surface area (TPSA) is 0 Å². The van der Waals surface area contributed by atoms with Gasteiger partial charge >= 0.3 is 0 Å². The zero-order valence-electron chi connectivity index (χ0n) is 18.8. The van der Waals surface area contributed by atoms with E-state index in [4.69, 9.17) is 0 Å². The summed E-state index contributed by atoms with van der Waals surface area (Å²) in [4.78, 5) is 0. The molecule has 0 atom stereocenters. The molecule has 0 aliphatic rings. The summed E-state index contributed by atoms with van der Waals surface area (Å²) in [6, 6.07) is 13.7. The molecule has 0 bridgehead atoms. The van der Waals surface area contributed by atoms with Crippen molar-refractivity contribution in [3.05, 3.63) is 69.8 Å². The van der Waals surface area contributed by atoms with Crippen LogP contribution in [-0.4, -0.2) is 0 Å². The van der Waals surface area contributed by atoms with Crippen molar-refractivity contribution in [2.24, 2.45) is 0 Å². The third-order valence-corrected chi connectivity index (χ3v) is 5.17. The quantitative estimate of drug-likeness (QED) is 0.492. The summed E-state index contributed by atoms with van der Waals surface area (Å²) >= 11 is 0. The second-order valence-electron chi connectivity index (χ2n) is 8.85. The molecule has 28 heavy (non-hydrogen) atoms. The third kappa shape index (κ3) is 8.21. The zero-order chi connectivity index (χ0) is 20.0. The van der Waals surface area contributed by atoms with Gasteiger partial charge in [0.15, 0.2) is 0 Å². The number of aryl methyl sites for hydroxylation is 2. The van der Waals surface area contributed by atoms with Gasteiger partial charge in [-0.15, -0.1) is 0 Å². The Labute approximate surface area is 177 Å². The fourth-order valence-electron chi connectivity index (χ4n) is 3.41. The standard InChI is InChI=1S/2C13H20.2CH4/c2*1-9(2)12-6-7-13(10(3)4)11(5)8-12;;/h2*6-10H,1-5H3;2*1H4. The van der Waals surface area contributed by atoms with E-state index in [1.165, 1.54) is 33.4 Å². The summed E-state index contributed by atoms with van der Waals surface area (Å²) in [5, 5.41) is 0. The highest BCUT2D eigenvalue weighted by molar-refractivity contribution is 5.35. The maximum absolute atomic E-state index is 2.32. The molecule has 0 aromatic heterocycles. The van der Waals surface area contributed by atoms with Gasteiger partial charge in [0.1, 0.15) is 0 Å². The van der Waals surface area contributed by atoms with Crippen molar-refractivity contribution in [1.82, 2.24) is 0 Å². The van der Waals surface area contributed by atoms with Gasteiger partial charge in [0.25, 0.3) is 0 Å². The first-order chi connectivity index (χ1) is 12.0. The van der Waals surface area contributed by atoms with Crippen LogP contribution in [0.15, 0.2) is 36.4 Å². The van der Waals surface area contributed by atoms with E-state index >= 15 is 0 Å². The molecule has 2 aromatic carbocycles. The molecule has 0 N–H and O–H groups in total. The summed E-state index contributed by atoms with van der Waals surface area (Å²) < 4.78 is 0. The Bertz CT molecular complexity index is 626. The van der Waals surface area contributed by atoms with Crippen molar-refractivity contribution in [3.63, 3.8) is 0 Å². The van der Waals surface area contributed by atoms with E-state index in [1.54, 1.807) is 0 Å². The van der Waals surface area contributed by atoms with Gasteiger partial charge in [-0.1, -0.05) is 107 Å². The van der Waals surface area contributed by atoms with Crippen molar-refractivity contribution >= 4 is 0 Å². The summed E-state index contributed by atoms with van der Waals surface area (Å²) in [6.45, 7) is 22.4. The third-order valence-electron chi connectivity index (χ3n) is 5.17. The molecule has 0 aliphatic carbocycles. The van der Waals surface area contributed by atoms with Gasteiger partial charge in [-0.05, 0) is 70.9 Å². The first-order valence-corrected chi connectivity index (χ1v) is 10.2. The molecule has 0 amide bonds. The monoisotopic (exact) mass is 384 g/mol. The maximum atomic E-state index is 2.32. The SMILES string of the molecule is C.C.Cc1cc(C(C)C)ccc1C(C)C.Cc1cc(C(C)C)ccc1C(C)C. The molecule has 2 rings (SSSR count). The maximum Gasteiger partial charge on any atom is -0.0216 e. The molecule has 0 saturated carbocycles. The number of hydrogen-bond donors (Lipinski definition) is 0. The predicted molar refractivity (Wildman–Crippen MR) is 132 cm³/mol. The molecule has 0 fully saturated rings. The molecule has 160 valence electrons. The van der Waals surface area contributed by atoms with Gasteiger partial charge in [-0.3, -0.25) is 0 Å². The van der Waals surface area contributed by atoms with Crippen LogP contribution in [0.2, 0.25) is 0 Å². The molecule has 0 unspecified atom stereocenters. The van der Waals surface area contributed by atoms with E-state index < -0.39 is 0 Å². The number of hydrogen-bond acceptors (Lipinski definition) is 0. The van der Waals surface area contributed by atoms with Gasteiger partial charge in [-0.25, -0.2) is 0 Å². The Balaban J connectivity index is 0. The van der Waals surface area contributed by atoms with Crippen LogP contribution >= 0.6 is 0 Å². The minimum atomic E-state index is 0. The molecule has 0 saturated heterocycles. The van der Waals surface area contributed by atoms with Gasteiger partial charge in [0.2, 0.25) is 0 Å². The molecule has 0 nitrogen and oxygen atoms in total. The Morgan fingerprint density at radius 2 is 0.750 bits per heavy atom. The van der Waals surface area contributed by atoms with Gasteiger partial charge < -0.3 is 0 Å². The Morgan fingerprint density at radius 3 is 0.929 bits per heavy atom. The van der Waals surface area contributed by atoms with Crippen LogP contribution in [0.1, 0.15) is 127 Å². The predicted octanol–water partition coefficient (Wildman–Crippen LogP) is 9.76. The van der Waals surface area contributed by atoms with E-state index in [-0.39, 0.29) is 14.9 Å². The van der Waals surface area contributed by atoms with Crippen molar-refractivity contribution in [3.8, 4) is 0 Å². The average molecular weight is 385 g/mol. The fourth-order valence-corrected chi connectivity index (χ4v) is 3.41. The minimum absolute atomic E-state index is 0. The molecule has 0 spiro atoms. The van der Waals surface area contributed by atoms with Crippen LogP contribution in [0.5, 0.6) is 0 Å². The Hall–Kier alpha value is -1.56. The van der Waals surface area contributed by atoms with Crippen LogP contribution < -0.4 is 0 Å². The lowest BCUT2D eigenvalue weighted by molar-refractivity contribution is 0.835. The normalized spacial score (nSPS) is 10.5. The lowest BCUT2D eigenvalue weighted by Crippen LogP contribution is -1.95. The highest BCUT2D eigenvalue weighted by Crippen LogP contribution is 2.24. The van der Waals surface area contributed by atoms with Crippen molar-refractivity contribution < 1.29 is 0 Å².